The summed E-state index contributed by atoms with van der Waals surface area (Å²) in [7, 11) is 3.69. The van der Waals surface area contributed by atoms with E-state index in [1.54, 1.807) is 7.11 Å². The average Bonchev–Trinajstić information content (AvgIpc) is 2.84. The summed E-state index contributed by atoms with van der Waals surface area (Å²) in [5, 5.41) is 0. The molecule has 0 saturated heterocycles. The number of ether oxygens (including phenoxy) is 2. The highest BCUT2D eigenvalue weighted by Gasteiger charge is 2.48. The van der Waals surface area contributed by atoms with Crippen molar-refractivity contribution in [2.24, 2.45) is 10.8 Å². The summed E-state index contributed by atoms with van der Waals surface area (Å²) in [6, 6.07) is 4.01. The predicted octanol–water partition coefficient (Wildman–Crippen LogP) is 8.51. The van der Waals surface area contributed by atoms with Crippen molar-refractivity contribution < 1.29 is 19.1 Å². The van der Waals surface area contributed by atoms with Crippen LogP contribution in [0.15, 0.2) is 39.1 Å². The van der Waals surface area contributed by atoms with E-state index in [2.05, 4.69) is 55.4 Å². The SMILES string of the molecule is CCCCCCCCOc1c(Br)cc(C2C3=C(CC(C)(C)CC3=O)N(C)C3=C2C(=O)CC(C)(C)C3)cc1OC. The first-order valence-corrected chi connectivity index (χ1v) is 15.4. The highest BCUT2D eigenvalue weighted by Crippen LogP contribution is 2.55. The molecule has 214 valence electrons. The Hall–Kier alpha value is -2.08. The summed E-state index contributed by atoms with van der Waals surface area (Å²) in [6.07, 6.45) is 9.77. The van der Waals surface area contributed by atoms with Gasteiger partial charge in [-0.2, -0.15) is 0 Å². The first kappa shape index (κ1) is 29.9. The molecular formula is C33H46BrNO4. The number of benzene rings is 1. The Morgan fingerprint density at radius 2 is 1.41 bits per heavy atom. The van der Waals surface area contributed by atoms with Crippen LogP contribution in [0, 0.1) is 10.8 Å². The van der Waals surface area contributed by atoms with Crippen LogP contribution in [0.2, 0.25) is 0 Å². The van der Waals surface area contributed by atoms with E-state index < -0.39 is 5.92 Å². The van der Waals surface area contributed by atoms with Crippen LogP contribution >= 0.6 is 15.9 Å². The third-order valence-corrected chi connectivity index (χ3v) is 9.10. The molecule has 2 aliphatic carbocycles. The van der Waals surface area contributed by atoms with E-state index in [1.807, 2.05) is 19.2 Å². The Bertz CT molecular complexity index is 1140. The van der Waals surface area contributed by atoms with E-state index in [0.29, 0.717) is 30.9 Å². The Labute approximate surface area is 243 Å². The zero-order valence-electron chi connectivity index (χ0n) is 25.0. The molecule has 3 aliphatic rings. The summed E-state index contributed by atoms with van der Waals surface area (Å²) in [5.41, 5.74) is 4.34. The summed E-state index contributed by atoms with van der Waals surface area (Å²) in [6.45, 7) is 11.5. The molecule has 0 amide bonds. The fourth-order valence-corrected chi connectivity index (χ4v) is 7.18. The highest BCUT2D eigenvalue weighted by molar-refractivity contribution is 9.10. The molecule has 0 atom stereocenters. The molecule has 0 radical (unpaired) electrons. The molecule has 1 aromatic carbocycles. The van der Waals surface area contributed by atoms with Gasteiger partial charge in [0.25, 0.3) is 0 Å². The van der Waals surface area contributed by atoms with Crippen molar-refractivity contribution in [3.8, 4) is 11.5 Å². The molecule has 0 spiro atoms. The monoisotopic (exact) mass is 599 g/mol. The molecular weight excluding hydrogens is 554 g/mol. The van der Waals surface area contributed by atoms with Crippen LogP contribution in [0.5, 0.6) is 11.5 Å². The Balaban J connectivity index is 1.73. The topological polar surface area (TPSA) is 55.8 Å². The molecule has 6 heteroatoms. The van der Waals surface area contributed by atoms with E-state index in [1.165, 1.54) is 25.7 Å². The second-order valence-corrected chi connectivity index (χ2v) is 14.1. The van der Waals surface area contributed by atoms with Crippen LogP contribution in [0.4, 0.5) is 0 Å². The number of carbonyl (C=O) groups excluding carboxylic acids is 2. The highest BCUT2D eigenvalue weighted by atomic mass is 79.9. The van der Waals surface area contributed by atoms with Gasteiger partial charge in [-0.3, -0.25) is 9.59 Å². The van der Waals surface area contributed by atoms with Gasteiger partial charge in [0.1, 0.15) is 0 Å². The summed E-state index contributed by atoms with van der Waals surface area (Å²) >= 11 is 3.75. The maximum Gasteiger partial charge on any atom is 0.175 e. The van der Waals surface area contributed by atoms with Gasteiger partial charge in [0.05, 0.1) is 18.2 Å². The van der Waals surface area contributed by atoms with E-state index in [4.69, 9.17) is 9.47 Å². The lowest BCUT2D eigenvalue weighted by Gasteiger charge is -2.48. The number of Topliss-reactive ketones (excluding diaryl/α,β-unsaturated/α-hetero) is 2. The zero-order valence-corrected chi connectivity index (χ0v) is 26.6. The number of halogens is 1. The molecule has 5 nitrogen and oxygen atoms in total. The number of hydrogen-bond donors (Lipinski definition) is 0. The smallest absolute Gasteiger partial charge is 0.175 e. The number of allylic oxidation sites excluding steroid dienone is 4. The number of nitrogens with zero attached hydrogens (tertiary/aromatic N) is 1. The fourth-order valence-electron chi connectivity index (χ4n) is 6.60. The standard InChI is InChI=1S/C33H46BrNO4/c1-8-9-10-11-12-13-14-39-31-22(34)15-21(16-27(31)38-7)28-29-23(17-32(2,3)19-25(29)36)35(6)24-18-33(4,5)20-26(37)30(24)28/h15-16,28H,8-14,17-20H2,1-7H3. The van der Waals surface area contributed by atoms with Gasteiger partial charge in [-0.1, -0.05) is 66.7 Å². The number of ketones is 2. The first-order chi connectivity index (χ1) is 18.4. The average molecular weight is 601 g/mol. The van der Waals surface area contributed by atoms with Gasteiger partial charge in [0.2, 0.25) is 0 Å². The van der Waals surface area contributed by atoms with Crippen molar-refractivity contribution in [1.29, 1.82) is 0 Å². The molecule has 39 heavy (non-hydrogen) atoms. The Kier molecular flexibility index (Phi) is 9.05. The molecule has 0 N–H and O–H groups in total. The number of hydrogen-bond acceptors (Lipinski definition) is 5. The van der Waals surface area contributed by atoms with Gasteiger partial charge >= 0.3 is 0 Å². The summed E-state index contributed by atoms with van der Waals surface area (Å²) in [5.74, 6) is 1.19. The number of unbranched alkanes of at least 4 members (excludes halogenated alkanes) is 5. The number of rotatable bonds is 10. The molecule has 1 aliphatic heterocycles. The van der Waals surface area contributed by atoms with Crippen LogP contribution in [0.1, 0.15) is 110 Å². The molecule has 0 aromatic heterocycles. The fraction of sp³-hybridized carbons (Fsp3) is 0.636. The van der Waals surface area contributed by atoms with Crippen molar-refractivity contribution in [2.75, 3.05) is 20.8 Å². The van der Waals surface area contributed by atoms with Crippen LogP contribution in [0.3, 0.4) is 0 Å². The number of carbonyl (C=O) groups is 2. The van der Waals surface area contributed by atoms with Crippen LogP contribution < -0.4 is 9.47 Å². The molecule has 1 aromatic rings. The van der Waals surface area contributed by atoms with Gasteiger partial charge in [-0.05, 0) is 63.7 Å². The van der Waals surface area contributed by atoms with Crippen molar-refractivity contribution >= 4 is 27.5 Å². The third kappa shape index (κ3) is 6.31. The maximum atomic E-state index is 13.8. The minimum atomic E-state index is -0.392. The molecule has 4 rings (SSSR count). The quantitative estimate of drug-likeness (QED) is 0.252. The Morgan fingerprint density at radius 3 is 1.95 bits per heavy atom. The third-order valence-electron chi connectivity index (χ3n) is 8.51. The van der Waals surface area contributed by atoms with Crippen LogP contribution in [-0.2, 0) is 9.59 Å². The van der Waals surface area contributed by atoms with Crippen molar-refractivity contribution in [1.82, 2.24) is 4.90 Å². The second kappa shape index (κ2) is 11.8. The molecule has 0 saturated carbocycles. The van der Waals surface area contributed by atoms with E-state index >= 15 is 0 Å². The normalized spacial score (nSPS) is 20.8. The van der Waals surface area contributed by atoms with Gasteiger partial charge in [0.15, 0.2) is 23.1 Å². The van der Waals surface area contributed by atoms with Gasteiger partial charge < -0.3 is 14.4 Å². The summed E-state index contributed by atoms with van der Waals surface area (Å²) in [4.78, 5) is 29.7. The lowest BCUT2D eigenvalue weighted by atomic mass is 9.64. The minimum Gasteiger partial charge on any atom is -0.493 e. The van der Waals surface area contributed by atoms with Gasteiger partial charge in [-0.25, -0.2) is 0 Å². The first-order valence-electron chi connectivity index (χ1n) is 14.7. The van der Waals surface area contributed by atoms with Crippen molar-refractivity contribution in [3.63, 3.8) is 0 Å². The number of methoxy groups -OCH3 is 1. The van der Waals surface area contributed by atoms with Crippen molar-refractivity contribution in [2.45, 2.75) is 105 Å². The van der Waals surface area contributed by atoms with Crippen LogP contribution in [-0.4, -0.2) is 37.2 Å². The van der Waals surface area contributed by atoms with E-state index in [9.17, 15) is 9.59 Å². The largest absolute Gasteiger partial charge is 0.493 e. The Morgan fingerprint density at radius 1 is 0.872 bits per heavy atom. The van der Waals surface area contributed by atoms with Gasteiger partial charge in [-0.15, -0.1) is 0 Å². The zero-order chi connectivity index (χ0) is 28.5. The minimum absolute atomic E-state index is 0.118. The molecule has 0 bridgehead atoms. The second-order valence-electron chi connectivity index (χ2n) is 13.2. The summed E-state index contributed by atoms with van der Waals surface area (Å²) < 4.78 is 12.8. The lowest BCUT2D eigenvalue weighted by molar-refractivity contribution is -0.119. The van der Waals surface area contributed by atoms with Crippen molar-refractivity contribution in [3.05, 3.63) is 44.7 Å². The molecule has 0 fully saturated rings. The maximum absolute atomic E-state index is 13.8. The molecule has 0 unspecified atom stereocenters. The predicted molar refractivity (Wildman–Crippen MR) is 160 cm³/mol. The van der Waals surface area contributed by atoms with E-state index in [0.717, 1.165) is 58.3 Å². The lowest BCUT2D eigenvalue weighted by Crippen LogP contribution is -2.43. The van der Waals surface area contributed by atoms with E-state index in [-0.39, 0.29) is 22.4 Å². The van der Waals surface area contributed by atoms with Crippen LogP contribution in [0.25, 0.3) is 0 Å². The molecule has 1 heterocycles. The van der Waals surface area contributed by atoms with Gasteiger partial charge in [0, 0.05) is 48.3 Å².